The molecule has 0 bridgehead atoms. The first-order chi connectivity index (χ1) is 17.5. The molecule has 1 aliphatic carbocycles. The van der Waals surface area contributed by atoms with Gasteiger partial charge in [0.1, 0.15) is 11.3 Å². The van der Waals surface area contributed by atoms with Crippen molar-refractivity contribution in [1.29, 1.82) is 0 Å². The average molecular weight is 489 g/mol. The first-order valence-electron chi connectivity index (χ1n) is 13.3. The summed E-state index contributed by atoms with van der Waals surface area (Å²) in [7, 11) is 0. The summed E-state index contributed by atoms with van der Waals surface area (Å²) >= 11 is 0. The number of para-hydroxylation sites is 3. The predicted molar refractivity (Wildman–Crippen MR) is 140 cm³/mol. The van der Waals surface area contributed by atoms with E-state index in [1.54, 1.807) is 4.90 Å². The molecule has 0 spiro atoms. The van der Waals surface area contributed by atoms with Gasteiger partial charge in [-0.05, 0) is 44.9 Å². The second-order valence-electron chi connectivity index (χ2n) is 10.2. The van der Waals surface area contributed by atoms with E-state index in [2.05, 4.69) is 10.3 Å². The summed E-state index contributed by atoms with van der Waals surface area (Å²) in [6, 6.07) is 15.6. The summed E-state index contributed by atoms with van der Waals surface area (Å²) in [6.45, 7) is 4.98. The molecule has 0 unspecified atom stereocenters. The molecule has 2 aliphatic rings. The Morgan fingerprint density at radius 2 is 1.75 bits per heavy atom. The van der Waals surface area contributed by atoms with E-state index >= 15 is 0 Å². The van der Waals surface area contributed by atoms with Crippen molar-refractivity contribution in [2.45, 2.75) is 83.5 Å². The Hall–Kier alpha value is -3.35. The topological polar surface area (TPSA) is 76.5 Å². The Balaban J connectivity index is 1.53. The van der Waals surface area contributed by atoms with Crippen molar-refractivity contribution in [3.63, 3.8) is 0 Å². The average Bonchev–Trinajstić information content (AvgIpc) is 3.23. The van der Waals surface area contributed by atoms with Gasteiger partial charge in [-0.15, -0.1) is 0 Å². The lowest BCUT2D eigenvalue weighted by Gasteiger charge is -2.44. The number of hydrogen-bond donors (Lipinski definition) is 1. The van der Waals surface area contributed by atoms with Gasteiger partial charge < -0.3 is 19.5 Å². The van der Waals surface area contributed by atoms with Gasteiger partial charge in [0, 0.05) is 11.6 Å². The summed E-state index contributed by atoms with van der Waals surface area (Å²) in [6.07, 6.45) is 7.94. The van der Waals surface area contributed by atoms with Crippen LogP contribution in [0.1, 0.15) is 75.0 Å². The van der Waals surface area contributed by atoms with Crippen LogP contribution in [0.2, 0.25) is 0 Å². The molecule has 1 aromatic heterocycles. The monoisotopic (exact) mass is 488 g/mol. The minimum atomic E-state index is -1.07. The van der Waals surface area contributed by atoms with Gasteiger partial charge in [0.05, 0.1) is 30.7 Å². The van der Waals surface area contributed by atoms with Crippen molar-refractivity contribution in [2.75, 3.05) is 6.61 Å². The lowest BCUT2D eigenvalue weighted by atomic mass is 9.92. The summed E-state index contributed by atoms with van der Waals surface area (Å²) in [4.78, 5) is 34.4. The molecule has 0 saturated heterocycles. The summed E-state index contributed by atoms with van der Waals surface area (Å²) < 4.78 is 7.76. The van der Waals surface area contributed by atoms with Crippen LogP contribution < -0.4 is 10.1 Å². The second-order valence-corrected chi connectivity index (χ2v) is 10.2. The molecule has 2 amide bonds. The van der Waals surface area contributed by atoms with Crippen molar-refractivity contribution in [3.05, 3.63) is 59.9 Å². The van der Waals surface area contributed by atoms with Crippen molar-refractivity contribution in [3.8, 4) is 5.75 Å². The Morgan fingerprint density at radius 3 is 2.53 bits per heavy atom. The minimum Gasteiger partial charge on any atom is -0.494 e. The largest absolute Gasteiger partial charge is 0.494 e. The normalized spacial score (nSPS) is 21.1. The number of aromatic nitrogens is 2. The lowest BCUT2D eigenvalue weighted by Crippen LogP contribution is -2.64. The van der Waals surface area contributed by atoms with E-state index in [4.69, 9.17) is 4.74 Å². The van der Waals surface area contributed by atoms with Crippen LogP contribution in [0, 0.1) is 0 Å². The first kappa shape index (κ1) is 24.3. The number of hydrogen-bond acceptors (Lipinski definition) is 4. The summed E-state index contributed by atoms with van der Waals surface area (Å²) in [5, 5.41) is 3.35. The number of carbonyl (C=O) groups is 2. The molecule has 2 heterocycles. The number of carbonyl (C=O) groups excluding carboxylic acids is 2. The highest BCUT2D eigenvalue weighted by Crippen LogP contribution is 2.34. The van der Waals surface area contributed by atoms with Gasteiger partial charge in [0.15, 0.2) is 5.82 Å². The van der Waals surface area contributed by atoms with Crippen LogP contribution in [-0.2, 0) is 17.9 Å². The van der Waals surface area contributed by atoms with Crippen molar-refractivity contribution in [2.24, 2.45) is 0 Å². The van der Waals surface area contributed by atoms with Gasteiger partial charge in [-0.25, -0.2) is 4.98 Å². The van der Waals surface area contributed by atoms with Crippen molar-refractivity contribution < 1.29 is 14.3 Å². The number of ether oxygens (including phenoxy) is 1. The third-order valence-electron chi connectivity index (χ3n) is 7.68. The summed E-state index contributed by atoms with van der Waals surface area (Å²) in [5.41, 5.74) is 1.44. The molecular formula is C29H36N4O3. The van der Waals surface area contributed by atoms with Crippen LogP contribution >= 0.6 is 0 Å². The highest BCUT2D eigenvalue weighted by molar-refractivity contribution is 6.01. The Labute approximate surface area is 212 Å². The van der Waals surface area contributed by atoms with E-state index in [9.17, 15) is 9.59 Å². The van der Waals surface area contributed by atoms with Crippen LogP contribution in [0.3, 0.4) is 0 Å². The highest BCUT2D eigenvalue weighted by Gasteiger charge is 2.49. The lowest BCUT2D eigenvalue weighted by molar-refractivity contribution is -0.134. The number of nitrogens with zero attached hydrogens (tertiary/aromatic N) is 3. The Morgan fingerprint density at radius 1 is 1.06 bits per heavy atom. The zero-order valence-electron chi connectivity index (χ0n) is 21.3. The molecule has 190 valence electrons. The van der Waals surface area contributed by atoms with Gasteiger partial charge in [0.2, 0.25) is 5.91 Å². The highest BCUT2D eigenvalue weighted by atomic mass is 16.5. The van der Waals surface area contributed by atoms with Crippen LogP contribution in [0.5, 0.6) is 5.75 Å². The molecular weight excluding hydrogens is 452 g/mol. The zero-order chi connectivity index (χ0) is 25.1. The molecule has 0 radical (unpaired) electrons. The molecule has 2 aromatic carbocycles. The number of amides is 2. The number of nitrogens with one attached hydrogen (secondary N) is 1. The zero-order valence-corrected chi connectivity index (χ0v) is 21.3. The van der Waals surface area contributed by atoms with Crippen molar-refractivity contribution >= 4 is 22.8 Å². The second kappa shape index (κ2) is 10.3. The Bertz CT molecular complexity index is 1240. The standard InChI is InChI=1S/C29H36N4O3/c1-3-36-25-18-12-9-13-21(25)19-33-27(34)26-31-23-16-10-11-17-24(23)32(26)20-29(33,2)28(35)30-22-14-7-5-4-6-8-15-22/h9-13,16-18,22H,3-8,14-15,19-20H2,1-2H3,(H,30,35)/t29-/m0/s1. The molecule has 7 nitrogen and oxygen atoms in total. The van der Waals surface area contributed by atoms with Gasteiger partial charge >= 0.3 is 0 Å². The number of imidazole rings is 1. The smallest absolute Gasteiger partial charge is 0.291 e. The number of fused-ring (bicyclic) bond motifs is 3. The van der Waals surface area contributed by atoms with Gasteiger partial charge in [-0.2, -0.15) is 0 Å². The van der Waals surface area contributed by atoms with E-state index in [1.165, 1.54) is 19.3 Å². The molecule has 1 atom stereocenters. The number of benzene rings is 2. The van der Waals surface area contributed by atoms with Crippen LogP contribution in [0.15, 0.2) is 48.5 Å². The van der Waals surface area contributed by atoms with E-state index in [-0.39, 0.29) is 24.4 Å². The van der Waals surface area contributed by atoms with Gasteiger partial charge in [-0.3, -0.25) is 9.59 Å². The third kappa shape index (κ3) is 4.59. The molecule has 3 aromatic rings. The molecule has 1 N–H and O–H groups in total. The SMILES string of the molecule is CCOc1ccccc1CN1C(=O)c2nc3ccccc3n2C[C@@]1(C)C(=O)NC1CCCCCCC1. The maximum Gasteiger partial charge on any atom is 0.291 e. The number of rotatable bonds is 6. The predicted octanol–water partition coefficient (Wildman–Crippen LogP) is 5.08. The molecule has 1 aliphatic heterocycles. The van der Waals surface area contributed by atoms with Crippen molar-refractivity contribution in [1.82, 2.24) is 19.8 Å². The molecule has 7 heteroatoms. The van der Waals surface area contributed by atoms with E-state index in [1.807, 2.05) is 66.9 Å². The third-order valence-corrected chi connectivity index (χ3v) is 7.68. The first-order valence-corrected chi connectivity index (χ1v) is 13.3. The van der Waals surface area contributed by atoms with E-state index in [0.717, 1.165) is 48.0 Å². The molecule has 5 rings (SSSR count). The van der Waals surface area contributed by atoms with Gasteiger partial charge in [-0.1, -0.05) is 62.4 Å². The van der Waals surface area contributed by atoms with Crippen LogP contribution in [0.4, 0.5) is 0 Å². The maximum absolute atomic E-state index is 14.0. The molecule has 36 heavy (non-hydrogen) atoms. The van der Waals surface area contributed by atoms with Crippen LogP contribution in [-0.4, -0.2) is 44.5 Å². The van der Waals surface area contributed by atoms with Gasteiger partial charge in [0.25, 0.3) is 5.91 Å². The minimum absolute atomic E-state index is 0.0984. The summed E-state index contributed by atoms with van der Waals surface area (Å²) in [5.74, 6) is 0.772. The Kier molecular flexibility index (Phi) is 6.99. The molecule has 1 saturated carbocycles. The fourth-order valence-corrected chi connectivity index (χ4v) is 5.62. The fraction of sp³-hybridized carbons (Fsp3) is 0.483. The molecule has 1 fully saturated rings. The van der Waals surface area contributed by atoms with Crippen LogP contribution in [0.25, 0.3) is 11.0 Å². The van der Waals surface area contributed by atoms with E-state index in [0.29, 0.717) is 19.0 Å². The fourth-order valence-electron chi connectivity index (χ4n) is 5.62. The van der Waals surface area contributed by atoms with E-state index < -0.39 is 5.54 Å². The quantitative estimate of drug-likeness (QED) is 0.525. The maximum atomic E-state index is 14.0.